The molecule has 17 heavy (non-hydrogen) atoms. The van der Waals surface area contributed by atoms with Crippen molar-refractivity contribution in [3.8, 4) is 5.75 Å². The molecule has 7 heteroatoms. The summed E-state index contributed by atoms with van der Waals surface area (Å²) in [5, 5.41) is 10.6. The average molecular weight is 240 g/mol. The van der Waals surface area contributed by atoms with Crippen LogP contribution in [0, 0.1) is 10.1 Å². The molecule has 0 bridgehead atoms. The van der Waals surface area contributed by atoms with Gasteiger partial charge in [0.15, 0.2) is 5.75 Å². The van der Waals surface area contributed by atoms with Crippen LogP contribution >= 0.6 is 0 Å². The molecule has 0 spiro atoms. The van der Waals surface area contributed by atoms with E-state index in [0.29, 0.717) is 6.61 Å². The van der Waals surface area contributed by atoms with Gasteiger partial charge in [-0.2, -0.15) is 0 Å². The second kappa shape index (κ2) is 5.80. The van der Waals surface area contributed by atoms with Gasteiger partial charge in [0, 0.05) is 17.7 Å². The zero-order valence-electron chi connectivity index (χ0n) is 9.43. The first-order valence-electron chi connectivity index (χ1n) is 4.84. The number of rotatable bonds is 5. The smallest absolute Gasteiger partial charge is 0.310 e. The van der Waals surface area contributed by atoms with Gasteiger partial charge in [-0.15, -0.1) is 0 Å². The Hall–Kier alpha value is -2.15. The number of amides is 1. The molecule has 0 saturated carbocycles. The van der Waals surface area contributed by atoms with Crippen LogP contribution in [0.1, 0.15) is 17.3 Å². The second-order valence-corrected chi connectivity index (χ2v) is 3.01. The lowest BCUT2D eigenvalue weighted by molar-refractivity contribution is -0.385. The number of ether oxygens (including phenoxy) is 1. The van der Waals surface area contributed by atoms with Crippen molar-refractivity contribution < 1.29 is 19.3 Å². The molecule has 0 saturated heterocycles. The van der Waals surface area contributed by atoms with E-state index in [1.807, 2.05) is 0 Å². The molecule has 0 atom stereocenters. The number of hydroxylamine groups is 1. The van der Waals surface area contributed by atoms with Gasteiger partial charge in [0.05, 0.1) is 18.6 Å². The van der Waals surface area contributed by atoms with Gasteiger partial charge >= 0.3 is 5.69 Å². The van der Waals surface area contributed by atoms with E-state index >= 15 is 0 Å². The third-order valence-electron chi connectivity index (χ3n) is 1.95. The summed E-state index contributed by atoms with van der Waals surface area (Å²) in [4.78, 5) is 26.3. The summed E-state index contributed by atoms with van der Waals surface area (Å²) in [7, 11) is 1.30. The Bertz CT molecular complexity index is 433. The van der Waals surface area contributed by atoms with Gasteiger partial charge in [-0.1, -0.05) is 0 Å². The molecular weight excluding hydrogens is 228 g/mol. The van der Waals surface area contributed by atoms with Crippen molar-refractivity contribution in [3.05, 3.63) is 33.9 Å². The van der Waals surface area contributed by atoms with Gasteiger partial charge < -0.3 is 4.74 Å². The third-order valence-corrected chi connectivity index (χ3v) is 1.95. The molecule has 92 valence electrons. The minimum Gasteiger partial charge on any atom is -0.490 e. The summed E-state index contributed by atoms with van der Waals surface area (Å²) in [5.74, 6) is -0.459. The topological polar surface area (TPSA) is 90.7 Å². The molecule has 0 heterocycles. The second-order valence-electron chi connectivity index (χ2n) is 3.01. The van der Waals surface area contributed by atoms with Crippen LogP contribution in [-0.2, 0) is 4.84 Å². The molecule has 0 aliphatic rings. The van der Waals surface area contributed by atoms with Crippen LogP contribution in [0.25, 0.3) is 0 Å². The molecule has 0 aliphatic carbocycles. The summed E-state index contributed by atoms with van der Waals surface area (Å²) in [6.07, 6.45) is 0. The van der Waals surface area contributed by atoms with Crippen LogP contribution in [-0.4, -0.2) is 24.5 Å². The van der Waals surface area contributed by atoms with Gasteiger partial charge in [-0.3, -0.25) is 19.7 Å². The Morgan fingerprint density at radius 3 is 2.76 bits per heavy atom. The molecule has 7 nitrogen and oxygen atoms in total. The first-order chi connectivity index (χ1) is 8.10. The molecule has 1 aromatic carbocycles. The van der Waals surface area contributed by atoms with Crippen molar-refractivity contribution in [1.29, 1.82) is 0 Å². The number of nitrogens with one attached hydrogen (secondary N) is 1. The summed E-state index contributed by atoms with van der Waals surface area (Å²) in [5.41, 5.74) is 2.21. The number of hydrogen-bond donors (Lipinski definition) is 1. The van der Waals surface area contributed by atoms with Crippen molar-refractivity contribution in [3.63, 3.8) is 0 Å². The predicted octanol–water partition coefficient (Wildman–Crippen LogP) is 1.28. The fourth-order valence-electron chi connectivity index (χ4n) is 1.17. The van der Waals surface area contributed by atoms with Gasteiger partial charge in [0.1, 0.15) is 0 Å². The number of benzene rings is 1. The molecule has 0 unspecified atom stereocenters. The highest BCUT2D eigenvalue weighted by molar-refractivity contribution is 5.94. The molecule has 1 amide bonds. The molecule has 0 aromatic heterocycles. The number of hydrogen-bond acceptors (Lipinski definition) is 5. The Kier molecular flexibility index (Phi) is 4.41. The summed E-state index contributed by atoms with van der Waals surface area (Å²) in [6.45, 7) is 2.05. The van der Waals surface area contributed by atoms with E-state index in [1.54, 1.807) is 6.92 Å². The lowest BCUT2D eigenvalue weighted by atomic mass is 10.2. The van der Waals surface area contributed by atoms with Crippen LogP contribution in [0.2, 0.25) is 0 Å². The van der Waals surface area contributed by atoms with E-state index in [2.05, 4.69) is 5.48 Å². The monoisotopic (exact) mass is 240 g/mol. The Morgan fingerprint density at radius 2 is 2.24 bits per heavy atom. The fraction of sp³-hybridized carbons (Fsp3) is 0.300. The molecule has 0 radical (unpaired) electrons. The molecular formula is C10H12N2O5. The van der Waals surface area contributed by atoms with Crippen LogP contribution < -0.4 is 10.2 Å². The van der Waals surface area contributed by atoms with E-state index in [9.17, 15) is 14.9 Å². The Labute approximate surface area is 97.4 Å². The van der Waals surface area contributed by atoms with E-state index in [4.69, 9.17) is 9.57 Å². The molecule has 1 rings (SSSR count). The minimum absolute atomic E-state index is 0.0270. The van der Waals surface area contributed by atoms with Crippen molar-refractivity contribution in [2.75, 3.05) is 13.7 Å². The zero-order chi connectivity index (χ0) is 12.8. The highest BCUT2D eigenvalue weighted by Crippen LogP contribution is 2.27. The predicted molar refractivity (Wildman–Crippen MR) is 58.7 cm³/mol. The van der Waals surface area contributed by atoms with Crippen molar-refractivity contribution in [1.82, 2.24) is 5.48 Å². The SMILES string of the molecule is CCONC(=O)c1ccc([N+](=O)[O-])c(OC)c1. The molecule has 1 aromatic rings. The number of nitrogens with zero attached hydrogens (tertiary/aromatic N) is 1. The maximum Gasteiger partial charge on any atom is 0.310 e. The average Bonchev–Trinajstić information content (AvgIpc) is 2.34. The van der Waals surface area contributed by atoms with E-state index < -0.39 is 10.8 Å². The van der Waals surface area contributed by atoms with E-state index in [1.165, 1.54) is 25.3 Å². The molecule has 0 aliphatic heterocycles. The molecule has 1 N–H and O–H groups in total. The Morgan fingerprint density at radius 1 is 1.53 bits per heavy atom. The van der Waals surface area contributed by atoms with E-state index in [-0.39, 0.29) is 17.0 Å². The third kappa shape index (κ3) is 3.15. The highest BCUT2D eigenvalue weighted by atomic mass is 16.6. The number of carbonyl (C=O) groups is 1. The lowest BCUT2D eigenvalue weighted by Crippen LogP contribution is -2.23. The van der Waals surface area contributed by atoms with Gasteiger partial charge in [0.25, 0.3) is 5.91 Å². The van der Waals surface area contributed by atoms with Crippen molar-refractivity contribution >= 4 is 11.6 Å². The Balaban J connectivity index is 2.97. The minimum atomic E-state index is -0.580. The summed E-state index contributed by atoms with van der Waals surface area (Å²) < 4.78 is 4.84. The number of nitro groups is 1. The van der Waals surface area contributed by atoms with Crippen LogP contribution in [0.3, 0.4) is 0 Å². The van der Waals surface area contributed by atoms with Crippen molar-refractivity contribution in [2.24, 2.45) is 0 Å². The number of carbonyl (C=O) groups excluding carboxylic acids is 1. The highest BCUT2D eigenvalue weighted by Gasteiger charge is 2.17. The fourth-order valence-corrected chi connectivity index (χ4v) is 1.17. The van der Waals surface area contributed by atoms with Gasteiger partial charge in [-0.05, 0) is 13.0 Å². The first-order valence-corrected chi connectivity index (χ1v) is 4.84. The molecule has 0 fully saturated rings. The number of methoxy groups -OCH3 is 1. The van der Waals surface area contributed by atoms with Crippen LogP contribution in [0.5, 0.6) is 5.75 Å². The normalized spacial score (nSPS) is 9.76. The van der Waals surface area contributed by atoms with Crippen LogP contribution in [0.15, 0.2) is 18.2 Å². The number of nitro benzene ring substituents is 1. The van der Waals surface area contributed by atoms with Gasteiger partial charge in [0.2, 0.25) is 0 Å². The zero-order valence-corrected chi connectivity index (χ0v) is 9.43. The summed E-state index contributed by atoms with van der Waals surface area (Å²) in [6, 6.07) is 3.82. The van der Waals surface area contributed by atoms with Crippen LogP contribution in [0.4, 0.5) is 5.69 Å². The largest absolute Gasteiger partial charge is 0.490 e. The van der Waals surface area contributed by atoms with Gasteiger partial charge in [-0.25, -0.2) is 5.48 Å². The maximum atomic E-state index is 11.5. The van der Waals surface area contributed by atoms with Crippen molar-refractivity contribution in [2.45, 2.75) is 6.92 Å². The standard InChI is InChI=1S/C10H12N2O5/c1-3-17-11-10(13)7-4-5-8(12(14)15)9(6-7)16-2/h4-6H,3H2,1-2H3,(H,11,13). The quantitative estimate of drug-likeness (QED) is 0.618. The summed E-state index contributed by atoms with van der Waals surface area (Å²) >= 11 is 0. The lowest BCUT2D eigenvalue weighted by Gasteiger charge is -2.06. The van der Waals surface area contributed by atoms with E-state index in [0.717, 1.165) is 0 Å². The maximum absolute atomic E-state index is 11.5. The first kappa shape index (κ1) is 12.9.